The van der Waals surface area contributed by atoms with Crippen molar-refractivity contribution >= 4 is 12.3 Å². The lowest BCUT2D eigenvalue weighted by molar-refractivity contribution is -0.122. The molecule has 1 aromatic rings. The zero-order valence-electron chi connectivity index (χ0n) is 6.94. The van der Waals surface area contributed by atoms with Crippen molar-refractivity contribution in [3.63, 3.8) is 0 Å². The fraction of sp³-hybridized carbons (Fsp3) is 0.111. The predicted octanol–water partition coefficient (Wildman–Crippen LogP) is -0.0410. The second-order valence-corrected chi connectivity index (χ2v) is 2.53. The molecule has 0 fully saturated rings. The number of benzene rings is 1. The minimum Gasteiger partial charge on any atom is -0.368 e. The van der Waals surface area contributed by atoms with Crippen molar-refractivity contribution in [3.8, 4) is 0 Å². The van der Waals surface area contributed by atoms with E-state index in [1.54, 1.807) is 24.3 Å². The lowest BCUT2D eigenvalue weighted by atomic mass is 10.1. The summed E-state index contributed by atoms with van der Waals surface area (Å²) in [4.78, 5) is 21.1. The van der Waals surface area contributed by atoms with Gasteiger partial charge >= 0.3 is 0 Å². The second-order valence-electron chi connectivity index (χ2n) is 2.53. The minimum atomic E-state index is -0.737. The van der Waals surface area contributed by atoms with Crippen molar-refractivity contribution in [3.05, 3.63) is 35.9 Å². The number of amides is 2. The standard InChI is InChI=1S/C9H10N2O2/c10-9(13)8(11-6-12)7-4-2-1-3-5-7/h1-6,8H,(H2,10,13)(H,11,12). The zero-order chi connectivity index (χ0) is 9.68. The maximum absolute atomic E-state index is 10.9. The molecular formula is C9H10N2O2. The quantitative estimate of drug-likeness (QED) is 0.635. The number of primary amides is 1. The smallest absolute Gasteiger partial charge is 0.244 e. The van der Waals surface area contributed by atoms with Crippen LogP contribution in [-0.2, 0) is 9.59 Å². The normalized spacial score (nSPS) is 11.7. The predicted molar refractivity (Wildman–Crippen MR) is 47.6 cm³/mol. The van der Waals surface area contributed by atoms with Gasteiger partial charge in [0.25, 0.3) is 0 Å². The molecule has 0 bridgehead atoms. The van der Waals surface area contributed by atoms with Crippen molar-refractivity contribution in [2.45, 2.75) is 6.04 Å². The third-order valence-electron chi connectivity index (χ3n) is 1.65. The topological polar surface area (TPSA) is 72.2 Å². The molecule has 4 heteroatoms. The van der Waals surface area contributed by atoms with Crippen LogP contribution in [0.25, 0.3) is 0 Å². The molecule has 0 aromatic heterocycles. The van der Waals surface area contributed by atoms with Gasteiger partial charge in [0, 0.05) is 0 Å². The Bertz CT molecular complexity index is 298. The third kappa shape index (κ3) is 2.30. The Kier molecular flexibility index (Phi) is 3.03. The van der Waals surface area contributed by atoms with Gasteiger partial charge in [-0.3, -0.25) is 9.59 Å². The summed E-state index contributed by atoms with van der Waals surface area (Å²) in [6, 6.07) is 8.09. The van der Waals surface area contributed by atoms with E-state index in [9.17, 15) is 9.59 Å². The van der Waals surface area contributed by atoms with Crippen LogP contribution in [0.5, 0.6) is 0 Å². The van der Waals surface area contributed by atoms with Crippen LogP contribution in [0.3, 0.4) is 0 Å². The maximum atomic E-state index is 10.9. The summed E-state index contributed by atoms with van der Waals surface area (Å²) in [6.45, 7) is 0. The van der Waals surface area contributed by atoms with Crippen molar-refractivity contribution in [2.24, 2.45) is 5.73 Å². The first-order chi connectivity index (χ1) is 6.25. The molecule has 3 N–H and O–H groups in total. The lowest BCUT2D eigenvalue weighted by Crippen LogP contribution is -2.32. The van der Waals surface area contributed by atoms with Crippen LogP contribution < -0.4 is 11.1 Å². The summed E-state index contributed by atoms with van der Waals surface area (Å²) in [7, 11) is 0. The van der Waals surface area contributed by atoms with Crippen LogP contribution in [0.15, 0.2) is 30.3 Å². The third-order valence-corrected chi connectivity index (χ3v) is 1.65. The SMILES string of the molecule is NC(=O)C(NC=O)c1ccccc1. The van der Waals surface area contributed by atoms with Gasteiger partial charge in [-0.2, -0.15) is 0 Å². The number of nitrogens with one attached hydrogen (secondary N) is 1. The summed E-state index contributed by atoms with van der Waals surface area (Å²) in [6.07, 6.45) is 0.461. The molecule has 4 nitrogen and oxygen atoms in total. The summed E-state index contributed by atoms with van der Waals surface area (Å²) >= 11 is 0. The molecule has 0 saturated heterocycles. The highest BCUT2D eigenvalue weighted by molar-refractivity contribution is 5.83. The van der Waals surface area contributed by atoms with Gasteiger partial charge in [0.2, 0.25) is 12.3 Å². The van der Waals surface area contributed by atoms with Gasteiger partial charge < -0.3 is 11.1 Å². The molecule has 0 spiro atoms. The van der Waals surface area contributed by atoms with Gasteiger partial charge in [-0.15, -0.1) is 0 Å². The first-order valence-corrected chi connectivity index (χ1v) is 3.79. The lowest BCUT2D eigenvalue weighted by Gasteiger charge is -2.11. The summed E-state index contributed by atoms with van der Waals surface area (Å²) < 4.78 is 0. The van der Waals surface area contributed by atoms with E-state index in [1.165, 1.54) is 0 Å². The van der Waals surface area contributed by atoms with E-state index in [1.807, 2.05) is 6.07 Å². The van der Waals surface area contributed by atoms with Crippen LogP contribution >= 0.6 is 0 Å². The maximum Gasteiger partial charge on any atom is 0.244 e. The Morgan fingerprint density at radius 3 is 2.46 bits per heavy atom. The molecule has 1 rings (SSSR count). The van der Waals surface area contributed by atoms with Crippen LogP contribution in [0.4, 0.5) is 0 Å². The van der Waals surface area contributed by atoms with Gasteiger partial charge in [-0.05, 0) is 5.56 Å². The number of hydrogen-bond acceptors (Lipinski definition) is 2. The van der Waals surface area contributed by atoms with Gasteiger partial charge in [0.15, 0.2) is 0 Å². The van der Waals surface area contributed by atoms with Crippen LogP contribution in [-0.4, -0.2) is 12.3 Å². The molecule has 1 aromatic carbocycles. The number of hydrogen-bond donors (Lipinski definition) is 2. The van der Waals surface area contributed by atoms with Gasteiger partial charge in [-0.1, -0.05) is 30.3 Å². The highest BCUT2D eigenvalue weighted by atomic mass is 16.2. The molecular weight excluding hydrogens is 168 g/mol. The van der Waals surface area contributed by atoms with E-state index in [-0.39, 0.29) is 0 Å². The number of carbonyl (C=O) groups is 2. The van der Waals surface area contributed by atoms with Crippen LogP contribution in [0, 0.1) is 0 Å². The Morgan fingerprint density at radius 2 is 2.00 bits per heavy atom. The molecule has 13 heavy (non-hydrogen) atoms. The van der Waals surface area contributed by atoms with Gasteiger partial charge in [0.1, 0.15) is 6.04 Å². The van der Waals surface area contributed by atoms with Crippen molar-refractivity contribution in [2.75, 3.05) is 0 Å². The van der Waals surface area contributed by atoms with Crippen LogP contribution in [0.2, 0.25) is 0 Å². The molecule has 0 aliphatic rings. The largest absolute Gasteiger partial charge is 0.368 e. The highest BCUT2D eigenvalue weighted by Crippen LogP contribution is 2.10. The Balaban J connectivity index is 2.88. The molecule has 1 unspecified atom stereocenters. The fourth-order valence-corrected chi connectivity index (χ4v) is 1.06. The van der Waals surface area contributed by atoms with Crippen LogP contribution in [0.1, 0.15) is 11.6 Å². The highest BCUT2D eigenvalue weighted by Gasteiger charge is 2.15. The summed E-state index contributed by atoms with van der Waals surface area (Å²) in [5.41, 5.74) is 5.78. The van der Waals surface area contributed by atoms with E-state index in [0.29, 0.717) is 12.0 Å². The number of carbonyl (C=O) groups excluding carboxylic acids is 2. The van der Waals surface area contributed by atoms with Crippen molar-refractivity contribution in [1.82, 2.24) is 5.32 Å². The summed E-state index contributed by atoms with van der Waals surface area (Å²) in [5, 5.41) is 2.34. The molecule has 0 saturated carbocycles. The zero-order valence-corrected chi connectivity index (χ0v) is 6.94. The molecule has 0 radical (unpaired) electrons. The Labute approximate surface area is 75.7 Å². The second kappa shape index (κ2) is 4.25. The molecule has 0 aliphatic heterocycles. The molecule has 0 aliphatic carbocycles. The molecule has 1 atom stereocenters. The van der Waals surface area contributed by atoms with Crippen molar-refractivity contribution < 1.29 is 9.59 Å². The molecule has 68 valence electrons. The van der Waals surface area contributed by atoms with E-state index < -0.39 is 11.9 Å². The number of rotatable bonds is 4. The first kappa shape index (κ1) is 9.25. The van der Waals surface area contributed by atoms with E-state index >= 15 is 0 Å². The Hall–Kier alpha value is -1.84. The molecule has 0 heterocycles. The van der Waals surface area contributed by atoms with Gasteiger partial charge in [0.05, 0.1) is 0 Å². The minimum absolute atomic E-state index is 0.461. The van der Waals surface area contributed by atoms with E-state index in [0.717, 1.165) is 0 Å². The Morgan fingerprint density at radius 1 is 1.38 bits per heavy atom. The van der Waals surface area contributed by atoms with Gasteiger partial charge in [-0.25, -0.2) is 0 Å². The number of nitrogens with two attached hydrogens (primary N) is 1. The molecule has 2 amide bonds. The van der Waals surface area contributed by atoms with E-state index in [2.05, 4.69) is 5.32 Å². The first-order valence-electron chi connectivity index (χ1n) is 3.79. The fourth-order valence-electron chi connectivity index (χ4n) is 1.06. The average molecular weight is 178 g/mol. The van der Waals surface area contributed by atoms with Crippen molar-refractivity contribution in [1.29, 1.82) is 0 Å². The van der Waals surface area contributed by atoms with E-state index in [4.69, 9.17) is 5.73 Å². The summed E-state index contributed by atoms with van der Waals surface area (Å²) in [5.74, 6) is -0.571. The monoisotopic (exact) mass is 178 g/mol. The average Bonchev–Trinajstić information content (AvgIpc) is 2.15.